The minimum absolute atomic E-state index is 0.490. The zero-order valence-electron chi connectivity index (χ0n) is 10.8. The second kappa shape index (κ2) is 4.81. The highest BCUT2D eigenvalue weighted by Gasteiger charge is 2.23. The summed E-state index contributed by atoms with van der Waals surface area (Å²) in [6.07, 6.45) is 4.03. The number of aromatic nitrogens is 2. The summed E-state index contributed by atoms with van der Waals surface area (Å²) in [5, 5.41) is 0. The normalized spacial score (nSPS) is 18.3. The Labute approximate surface area is 112 Å². The lowest BCUT2D eigenvalue weighted by Gasteiger charge is -2.15. The second-order valence-electron chi connectivity index (χ2n) is 5.14. The molecule has 3 rings (SSSR count). The molecule has 2 heterocycles. The van der Waals surface area contributed by atoms with Crippen LogP contribution in [0.4, 0.5) is 0 Å². The number of benzene rings is 1. The molecule has 2 aromatic rings. The summed E-state index contributed by atoms with van der Waals surface area (Å²) in [6, 6.07) is 8.78. The Kier molecular flexibility index (Phi) is 3.16. The van der Waals surface area contributed by atoms with Gasteiger partial charge in [0.15, 0.2) is 0 Å². The second-order valence-corrected chi connectivity index (χ2v) is 6.20. The maximum Gasteiger partial charge on any atom is 0.111 e. The highest BCUT2D eigenvalue weighted by molar-refractivity contribution is 7.99. The summed E-state index contributed by atoms with van der Waals surface area (Å²) in [4.78, 5) is 5.92. The van der Waals surface area contributed by atoms with Crippen molar-refractivity contribution in [3.05, 3.63) is 48.0 Å². The average molecular weight is 258 g/mol. The first-order valence-corrected chi connectivity index (χ1v) is 7.47. The predicted octanol–water partition coefficient (Wildman–Crippen LogP) is 3.90. The van der Waals surface area contributed by atoms with Crippen molar-refractivity contribution in [1.82, 2.24) is 9.55 Å². The van der Waals surface area contributed by atoms with Gasteiger partial charge in [-0.2, -0.15) is 0 Å². The van der Waals surface area contributed by atoms with E-state index >= 15 is 0 Å². The Hall–Kier alpha value is -1.22. The lowest BCUT2D eigenvalue weighted by molar-refractivity contribution is 0.562. The molecule has 1 aliphatic heterocycles. The molecule has 0 fully saturated rings. The molecule has 0 saturated carbocycles. The van der Waals surface area contributed by atoms with E-state index < -0.39 is 0 Å². The Bertz CT molecular complexity index is 545. The third-order valence-electron chi connectivity index (χ3n) is 3.48. The van der Waals surface area contributed by atoms with Gasteiger partial charge in [-0.1, -0.05) is 32.0 Å². The molecular weight excluding hydrogens is 240 g/mol. The van der Waals surface area contributed by atoms with E-state index in [1.807, 2.05) is 18.0 Å². The van der Waals surface area contributed by atoms with Crippen LogP contribution in [0.5, 0.6) is 0 Å². The summed E-state index contributed by atoms with van der Waals surface area (Å²) in [7, 11) is 0. The van der Waals surface area contributed by atoms with Gasteiger partial charge in [0, 0.05) is 41.4 Å². The highest BCUT2D eigenvalue weighted by atomic mass is 32.2. The molecule has 3 heteroatoms. The van der Waals surface area contributed by atoms with E-state index in [0.717, 1.165) is 6.54 Å². The molecule has 0 aliphatic carbocycles. The number of imidazole rings is 1. The molecule has 1 aliphatic rings. The largest absolute Gasteiger partial charge is 0.334 e. The fourth-order valence-corrected chi connectivity index (χ4v) is 3.84. The van der Waals surface area contributed by atoms with Crippen molar-refractivity contribution in [2.45, 2.75) is 37.1 Å². The molecule has 1 unspecified atom stereocenters. The Morgan fingerprint density at radius 2 is 2.22 bits per heavy atom. The van der Waals surface area contributed by atoms with Crippen LogP contribution < -0.4 is 0 Å². The Balaban J connectivity index is 1.84. The molecule has 0 saturated heterocycles. The molecule has 1 aromatic carbocycles. The van der Waals surface area contributed by atoms with E-state index in [-0.39, 0.29) is 0 Å². The highest BCUT2D eigenvalue weighted by Crippen LogP contribution is 2.40. The van der Waals surface area contributed by atoms with Crippen molar-refractivity contribution in [2.24, 2.45) is 0 Å². The summed E-state index contributed by atoms with van der Waals surface area (Å²) in [5.74, 6) is 3.50. The molecule has 1 aromatic heterocycles. The van der Waals surface area contributed by atoms with Crippen LogP contribution in [0, 0.1) is 0 Å². The zero-order chi connectivity index (χ0) is 12.5. The Morgan fingerprint density at radius 1 is 1.39 bits per heavy atom. The van der Waals surface area contributed by atoms with Crippen LogP contribution in [0.2, 0.25) is 0 Å². The van der Waals surface area contributed by atoms with Crippen LogP contribution in [-0.2, 0) is 6.54 Å². The summed E-state index contributed by atoms with van der Waals surface area (Å²) < 4.78 is 2.32. The van der Waals surface area contributed by atoms with Crippen LogP contribution in [0.3, 0.4) is 0 Å². The SMILES string of the molecule is CC(C)c1nccn1CC1CSc2ccccc21. The van der Waals surface area contributed by atoms with Gasteiger partial charge in [0.1, 0.15) is 5.82 Å². The van der Waals surface area contributed by atoms with Crippen molar-refractivity contribution in [3.8, 4) is 0 Å². The smallest absolute Gasteiger partial charge is 0.111 e. The van der Waals surface area contributed by atoms with Crippen LogP contribution in [0.25, 0.3) is 0 Å². The maximum atomic E-state index is 4.47. The van der Waals surface area contributed by atoms with Gasteiger partial charge in [0.25, 0.3) is 0 Å². The minimum atomic E-state index is 0.490. The van der Waals surface area contributed by atoms with Gasteiger partial charge in [0.2, 0.25) is 0 Å². The molecule has 0 spiro atoms. The van der Waals surface area contributed by atoms with E-state index in [1.54, 1.807) is 0 Å². The van der Waals surface area contributed by atoms with Crippen LogP contribution in [0.15, 0.2) is 41.6 Å². The standard InChI is InChI=1S/C15H18N2S/c1-11(2)15-16-7-8-17(15)9-12-10-18-14-6-4-3-5-13(12)14/h3-8,11-12H,9-10H2,1-2H3. The third-order valence-corrected chi connectivity index (χ3v) is 4.73. The van der Waals surface area contributed by atoms with E-state index in [4.69, 9.17) is 0 Å². The monoisotopic (exact) mass is 258 g/mol. The van der Waals surface area contributed by atoms with Gasteiger partial charge >= 0.3 is 0 Å². The lowest BCUT2D eigenvalue weighted by Crippen LogP contribution is -2.12. The number of hydrogen-bond donors (Lipinski definition) is 0. The van der Waals surface area contributed by atoms with Gasteiger partial charge < -0.3 is 4.57 Å². The summed E-state index contributed by atoms with van der Waals surface area (Å²) >= 11 is 1.98. The molecule has 0 bridgehead atoms. The van der Waals surface area contributed by atoms with E-state index in [2.05, 4.69) is 53.9 Å². The number of nitrogens with zero attached hydrogens (tertiary/aromatic N) is 2. The zero-order valence-corrected chi connectivity index (χ0v) is 11.7. The van der Waals surface area contributed by atoms with Crippen molar-refractivity contribution in [3.63, 3.8) is 0 Å². The van der Waals surface area contributed by atoms with E-state index in [1.165, 1.54) is 22.0 Å². The predicted molar refractivity (Wildman–Crippen MR) is 76.2 cm³/mol. The fourth-order valence-electron chi connectivity index (χ4n) is 2.59. The van der Waals surface area contributed by atoms with Gasteiger partial charge in [-0.25, -0.2) is 4.98 Å². The number of hydrogen-bond acceptors (Lipinski definition) is 2. The number of rotatable bonds is 3. The number of fused-ring (bicyclic) bond motifs is 1. The third kappa shape index (κ3) is 2.07. The molecule has 94 valence electrons. The van der Waals surface area contributed by atoms with Crippen molar-refractivity contribution < 1.29 is 0 Å². The minimum Gasteiger partial charge on any atom is -0.334 e. The topological polar surface area (TPSA) is 17.8 Å². The van der Waals surface area contributed by atoms with Crippen molar-refractivity contribution in [2.75, 3.05) is 5.75 Å². The maximum absolute atomic E-state index is 4.47. The molecule has 0 amide bonds. The summed E-state index contributed by atoms with van der Waals surface area (Å²) in [5.41, 5.74) is 1.51. The van der Waals surface area contributed by atoms with Gasteiger partial charge in [-0.05, 0) is 11.6 Å². The van der Waals surface area contributed by atoms with Crippen LogP contribution in [-0.4, -0.2) is 15.3 Å². The van der Waals surface area contributed by atoms with Crippen LogP contribution in [0.1, 0.15) is 37.1 Å². The lowest BCUT2D eigenvalue weighted by atomic mass is 10.0. The molecular formula is C15H18N2S. The quantitative estimate of drug-likeness (QED) is 0.831. The Morgan fingerprint density at radius 3 is 3.06 bits per heavy atom. The molecule has 0 N–H and O–H groups in total. The fraction of sp³-hybridized carbons (Fsp3) is 0.400. The first-order chi connectivity index (χ1) is 8.75. The first-order valence-electron chi connectivity index (χ1n) is 6.48. The van der Waals surface area contributed by atoms with Gasteiger partial charge in [-0.15, -0.1) is 11.8 Å². The van der Waals surface area contributed by atoms with Crippen molar-refractivity contribution >= 4 is 11.8 Å². The molecule has 18 heavy (non-hydrogen) atoms. The molecule has 0 radical (unpaired) electrons. The average Bonchev–Trinajstić information content (AvgIpc) is 2.97. The number of thioether (sulfide) groups is 1. The van der Waals surface area contributed by atoms with E-state index in [0.29, 0.717) is 11.8 Å². The summed E-state index contributed by atoms with van der Waals surface area (Å²) in [6.45, 7) is 5.46. The first kappa shape index (κ1) is 11.8. The van der Waals surface area contributed by atoms with Gasteiger partial charge in [-0.3, -0.25) is 0 Å². The van der Waals surface area contributed by atoms with Crippen molar-refractivity contribution in [1.29, 1.82) is 0 Å². The van der Waals surface area contributed by atoms with Crippen LogP contribution >= 0.6 is 11.8 Å². The molecule has 2 nitrogen and oxygen atoms in total. The van der Waals surface area contributed by atoms with Gasteiger partial charge in [0.05, 0.1) is 0 Å². The van der Waals surface area contributed by atoms with E-state index in [9.17, 15) is 0 Å². The molecule has 1 atom stereocenters.